The van der Waals surface area contributed by atoms with Crippen LogP contribution >= 0.6 is 0 Å². The fourth-order valence-electron chi connectivity index (χ4n) is 3.72. The molecular formula is C21H18FN5O3S. The number of nitrogens with zero attached hydrogens (tertiary/aromatic N) is 5. The van der Waals surface area contributed by atoms with Gasteiger partial charge >= 0.3 is 0 Å². The van der Waals surface area contributed by atoms with E-state index >= 15 is 0 Å². The first-order chi connectivity index (χ1) is 14.9. The van der Waals surface area contributed by atoms with E-state index in [1.807, 2.05) is 30.3 Å². The van der Waals surface area contributed by atoms with Crippen molar-refractivity contribution in [1.82, 2.24) is 24.3 Å². The lowest BCUT2D eigenvalue weighted by atomic mass is 10.1. The molecule has 0 unspecified atom stereocenters. The average Bonchev–Trinajstić information content (AvgIpc) is 3.39. The van der Waals surface area contributed by atoms with Gasteiger partial charge in [0.1, 0.15) is 5.82 Å². The van der Waals surface area contributed by atoms with Crippen LogP contribution in [0.5, 0.6) is 0 Å². The highest BCUT2D eigenvalue weighted by molar-refractivity contribution is 7.89. The molecule has 0 spiro atoms. The van der Waals surface area contributed by atoms with Gasteiger partial charge in [-0.15, -0.1) is 10.2 Å². The molecule has 0 amide bonds. The summed E-state index contributed by atoms with van der Waals surface area (Å²) < 4.78 is 48.3. The van der Waals surface area contributed by atoms with E-state index in [0.29, 0.717) is 24.6 Å². The third-order valence-electron chi connectivity index (χ3n) is 5.31. The molecule has 1 aliphatic rings. The monoisotopic (exact) mass is 439 g/mol. The maximum Gasteiger partial charge on any atom is 0.268 e. The Morgan fingerprint density at radius 2 is 1.71 bits per heavy atom. The smallest absolute Gasteiger partial charge is 0.268 e. The largest absolute Gasteiger partial charge is 0.415 e. The Morgan fingerprint density at radius 1 is 1.00 bits per heavy atom. The Morgan fingerprint density at radius 3 is 2.45 bits per heavy atom. The van der Waals surface area contributed by atoms with Crippen LogP contribution in [0.15, 0.2) is 63.9 Å². The molecular weight excluding hydrogens is 421 g/mol. The summed E-state index contributed by atoms with van der Waals surface area (Å²) in [6.07, 6.45) is 0.485. The minimum absolute atomic E-state index is 0.0481. The highest BCUT2D eigenvalue weighted by Crippen LogP contribution is 2.32. The lowest BCUT2D eigenvalue weighted by molar-refractivity contribution is 0.386. The van der Waals surface area contributed by atoms with E-state index in [1.54, 1.807) is 11.7 Å². The fourth-order valence-corrected chi connectivity index (χ4v) is 5.13. The molecule has 4 aromatic rings. The standard InChI is InChI=1S/C21H18FN5O3S/c1-26-18-11-12-27(31(28,29)16-9-7-15(22)8-10-16)13-17(18)19(25-26)21-24-23-20(30-21)14-5-3-2-4-6-14/h2-10H,11-13H2,1H3. The molecule has 31 heavy (non-hydrogen) atoms. The number of halogens is 1. The van der Waals surface area contributed by atoms with Crippen molar-refractivity contribution in [3.63, 3.8) is 0 Å². The number of hydrogen-bond donors (Lipinski definition) is 0. The van der Waals surface area contributed by atoms with Crippen molar-refractivity contribution in [2.45, 2.75) is 17.9 Å². The molecule has 8 nitrogen and oxygen atoms in total. The summed E-state index contributed by atoms with van der Waals surface area (Å²) in [5.74, 6) is 0.110. The van der Waals surface area contributed by atoms with Crippen molar-refractivity contribution in [3.05, 3.63) is 71.7 Å². The van der Waals surface area contributed by atoms with Gasteiger partial charge in [0.2, 0.25) is 15.9 Å². The summed E-state index contributed by atoms with van der Waals surface area (Å²) in [6, 6.07) is 14.2. The third kappa shape index (κ3) is 3.43. The molecule has 3 heterocycles. The summed E-state index contributed by atoms with van der Waals surface area (Å²) in [5, 5.41) is 12.8. The molecule has 2 aromatic carbocycles. The van der Waals surface area contributed by atoms with E-state index in [1.165, 1.54) is 16.4 Å². The topological polar surface area (TPSA) is 94.1 Å². The van der Waals surface area contributed by atoms with Gasteiger partial charge in [-0.25, -0.2) is 12.8 Å². The van der Waals surface area contributed by atoms with Gasteiger partial charge in [-0.1, -0.05) is 18.2 Å². The Bertz CT molecular complexity index is 1350. The number of aromatic nitrogens is 4. The van der Waals surface area contributed by atoms with Gasteiger partial charge < -0.3 is 4.42 Å². The Kier molecular flexibility index (Phi) is 4.67. The Labute approximate surface area is 178 Å². The van der Waals surface area contributed by atoms with Crippen LogP contribution in [0.4, 0.5) is 4.39 Å². The number of fused-ring (bicyclic) bond motifs is 1. The number of sulfonamides is 1. The molecule has 5 rings (SSSR count). The van der Waals surface area contributed by atoms with Crippen molar-refractivity contribution in [2.24, 2.45) is 7.05 Å². The van der Waals surface area contributed by atoms with Gasteiger partial charge in [-0.3, -0.25) is 4.68 Å². The third-order valence-corrected chi connectivity index (χ3v) is 7.17. The van der Waals surface area contributed by atoms with Gasteiger partial charge in [-0.05, 0) is 36.4 Å². The fraction of sp³-hybridized carbons (Fsp3) is 0.190. The van der Waals surface area contributed by atoms with Crippen LogP contribution in [0.1, 0.15) is 11.3 Å². The van der Waals surface area contributed by atoms with E-state index in [9.17, 15) is 12.8 Å². The van der Waals surface area contributed by atoms with Crippen LogP contribution < -0.4 is 0 Å². The Hall–Kier alpha value is -3.37. The highest BCUT2D eigenvalue weighted by Gasteiger charge is 2.33. The lowest BCUT2D eigenvalue weighted by Gasteiger charge is -2.26. The molecule has 0 bridgehead atoms. The van der Waals surface area contributed by atoms with Gasteiger partial charge in [-0.2, -0.15) is 9.40 Å². The highest BCUT2D eigenvalue weighted by atomic mass is 32.2. The predicted octanol–water partition coefficient (Wildman–Crippen LogP) is 3.02. The molecule has 0 radical (unpaired) electrons. The molecule has 0 aliphatic carbocycles. The van der Waals surface area contributed by atoms with Gasteiger partial charge in [0.05, 0.1) is 4.90 Å². The summed E-state index contributed by atoms with van der Waals surface area (Å²) in [6.45, 7) is 0.409. The molecule has 0 saturated carbocycles. The second kappa shape index (κ2) is 7.40. The van der Waals surface area contributed by atoms with Gasteiger partial charge in [0.15, 0.2) is 5.69 Å². The van der Waals surface area contributed by atoms with Crippen LogP contribution in [0.3, 0.4) is 0 Å². The SMILES string of the molecule is Cn1nc(-c2nnc(-c3ccccc3)o2)c2c1CCN(S(=O)(=O)c1ccc(F)cc1)C2. The Balaban J connectivity index is 1.50. The summed E-state index contributed by atoms with van der Waals surface area (Å²) in [4.78, 5) is 0.0481. The summed E-state index contributed by atoms with van der Waals surface area (Å²) >= 11 is 0. The van der Waals surface area contributed by atoms with Crippen molar-refractivity contribution >= 4 is 10.0 Å². The van der Waals surface area contributed by atoms with Crippen LogP contribution in [-0.4, -0.2) is 39.2 Å². The van der Waals surface area contributed by atoms with Gasteiger partial charge in [0, 0.05) is 43.4 Å². The molecule has 10 heteroatoms. The number of hydrogen-bond acceptors (Lipinski definition) is 6. The predicted molar refractivity (Wildman–Crippen MR) is 110 cm³/mol. The van der Waals surface area contributed by atoms with Crippen LogP contribution in [0.2, 0.25) is 0 Å². The van der Waals surface area contributed by atoms with Crippen molar-refractivity contribution in [3.8, 4) is 23.0 Å². The molecule has 0 saturated heterocycles. The second-order valence-corrected chi connectivity index (χ2v) is 9.16. The van der Waals surface area contributed by atoms with E-state index < -0.39 is 15.8 Å². The first-order valence-corrected chi connectivity index (χ1v) is 11.1. The maximum atomic E-state index is 13.2. The van der Waals surface area contributed by atoms with Crippen molar-refractivity contribution in [2.75, 3.05) is 6.54 Å². The zero-order valence-electron chi connectivity index (χ0n) is 16.6. The quantitative estimate of drug-likeness (QED) is 0.485. The lowest BCUT2D eigenvalue weighted by Crippen LogP contribution is -2.36. The van der Waals surface area contributed by atoms with Crippen molar-refractivity contribution < 1.29 is 17.2 Å². The normalized spacial score (nSPS) is 14.5. The van der Waals surface area contributed by atoms with E-state index in [-0.39, 0.29) is 17.3 Å². The maximum absolute atomic E-state index is 13.2. The average molecular weight is 439 g/mol. The van der Waals surface area contributed by atoms with Crippen molar-refractivity contribution in [1.29, 1.82) is 0 Å². The van der Waals surface area contributed by atoms with Crippen LogP contribution in [-0.2, 0) is 30.0 Å². The molecule has 2 aromatic heterocycles. The molecule has 1 aliphatic heterocycles. The number of rotatable bonds is 4. The molecule has 0 fully saturated rings. The zero-order valence-corrected chi connectivity index (χ0v) is 17.4. The van der Waals surface area contributed by atoms with E-state index in [4.69, 9.17) is 4.42 Å². The molecule has 158 valence electrons. The van der Waals surface area contributed by atoms with Crippen LogP contribution in [0.25, 0.3) is 23.0 Å². The minimum Gasteiger partial charge on any atom is -0.415 e. The second-order valence-electron chi connectivity index (χ2n) is 7.22. The minimum atomic E-state index is -3.79. The summed E-state index contributed by atoms with van der Waals surface area (Å²) in [5.41, 5.74) is 2.89. The number of benzene rings is 2. The van der Waals surface area contributed by atoms with Crippen LogP contribution in [0, 0.1) is 5.82 Å². The first kappa shape index (κ1) is 19.6. The van der Waals surface area contributed by atoms with Gasteiger partial charge in [0.25, 0.3) is 5.89 Å². The first-order valence-electron chi connectivity index (χ1n) is 9.63. The molecule has 0 atom stereocenters. The number of aryl methyl sites for hydroxylation is 1. The van der Waals surface area contributed by atoms with E-state index in [0.717, 1.165) is 29.0 Å². The zero-order chi connectivity index (χ0) is 21.6. The molecule has 0 N–H and O–H groups in total. The van der Waals surface area contributed by atoms with E-state index in [2.05, 4.69) is 15.3 Å². The summed E-state index contributed by atoms with van der Waals surface area (Å²) in [7, 11) is -1.98.